The topological polar surface area (TPSA) is 49.4 Å². The highest BCUT2D eigenvalue weighted by atomic mass is 32.2. The molecule has 0 atom stereocenters. The molecule has 1 fully saturated rings. The van der Waals surface area contributed by atoms with Crippen molar-refractivity contribution < 1.29 is 8.42 Å². The average Bonchev–Trinajstić information content (AvgIpc) is 3.44. The van der Waals surface area contributed by atoms with Crippen LogP contribution >= 0.6 is 0 Å². The Hall–Kier alpha value is -1.69. The predicted molar refractivity (Wildman–Crippen MR) is 101 cm³/mol. The minimum atomic E-state index is -3.33. The summed E-state index contributed by atoms with van der Waals surface area (Å²) in [6, 6.07) is 18.3. The van der Waals surface area contributed by atoms with Crippen molar-refractivity contribution in [1.29, 1.82) is 0 Å². The van der Waals surface area contributed by atoms with E-state index in [1.54, 1.807) is 4.31 Å². The summed E-state index contributed by atoms with van der Waals surface area (Å²) in [5, 5.41) is 3.47. The number of nitrogens with zero attached hydrogens (tertiary/aromatic N) is 1. The maximum absolute atomic E-state index is 12.8. The lowest BCUT2D eigenvalue weighted by Crippen LogP contribution is -2.31. The van der Waals surface area contributed by atoms with Crippen LogP contribution in [0.15, 0.2) is 54.6 Å². The smallest absolute Gasteiger partial charge is 0.218 e. The van der Waals surface area contributed by atoms with E-state index in [1.807, 2.05) is 61.5 Å². The molecule has 2 aromatic rings. The summed E-state index contributed by atoms with van der Waals surface area (Å²) in [6.45, 7) is 3.63. The van der Waals surface area contributed by atoms with E-state index in [-0.39, 0.29) is 5.75 Å². The van der Waals surface area contributed by atoms with Crippen LogP contribution in [0.5, 0.6) is 0 Å². The molecular weight excluding hydrogens is 332 g/mol. The van der Waals surface area contributed by atoms with Gasteiger partial charge in [-0.3, -0.25) is 0 Å². The van der Waals surface area contributed by atoms with Crippen LogP contribution in [0, 0.1) is 0 Å². The van der Waals surface area contributed by atoms with Crippen LogP contribution in [0.4, 0.5) is 0 Å². The van der Waals surface area contributed by atoms with Gasteiger partial charge < -0.3 is 5.32 Å². The van der Waals surface area contributed by atoms with E-state index in [0.29, 0.717) is 19.1 Å². The molecule has 0 aliphatic heterocycles. The molecule has 3 rings (SSSR count). The summed E-state index contributed by atoms with van der Waals surface area (Å²) in [4.78, 5) is 0. The fourth-order valence-electron chi connectivity index (χ4n) is 2.80. The van der Waals surface area contributed by atoms with Crippen molar-refractivity contribution in [1.82, 2.24) is 9.62 Å². The zero-order valence-corrected chi connectivity index (χ0v) is 15.5. The molecule has 0 heterocycles. The fraction of sp³-hybridized carbons (Fsp3) is 0.400. The molecular formula is C20H26N2O2S. The number of sulfonamides is 1. The second kappa shape index (κ2) is 8.13. The van der Waals surface area contributed by atoms with Gasteiger partial charge in [0.15, 0.2) is 0 Å². The van der Waals surface area contributed by atoms with E-state index in [2.05, 4.69) is 5.32 Å². The van der Waals surface area contributed by atoms with Crippen molar-refractivity contribution in [3.05, 3.63) is 71.3 Å². The highest BCUT2D eigenvalue weighted by Gasteiger charge is 2.22. The van der Waals surface area contributed by atoms with Crippen LogP contribution in [0.2, 0.25) is 0 Å². The van der Waals surface area contributed by atoms with Crippen molar-refractivity contribution in [2.24, 2.45) is 0 Å². The van der Waals surface area contributed by atoms with Gasteiger partial charge in [-0.2, -0.15) is 4.31 Å². The Morgan fingerprint density at radius 3 is 2.20 bits per heavy atom. The lowest BCUT2D eigenvalue weighted by Gasteiger charge is -2.20. The molecule has 0 spiro atoms. The molecule has 5 heteroatoms. The quantitative estimate of drug-likeness (QED) is 0.748. The highest BCUT2D eigenvalue weighted by Crippen LogP contribution is 2.20. The largest absolute Gasteiger partial charge is 0.310 e. The van der Waals surface area contributed by atoms with Crippen LogP contribution in [0.25, 0.3) is 0 Å². The predicted octanol–water partition coefficient (Wildman–Crippen LogP) is 3.29. The van der Waals surface area contributed by atoms with Crippen LogP contribution in [0.3, 0.4) is 0 Å². The monoisotopic (exact) mass is 358 g/mol. The molecule has 0 bridgehead atoms. The van der Waals surface area contributed by atoms with Crippen LogP contribution in [0.1, 0.15) is 36.5 Å². The molecule has 25 heavy (non-hydrogen) atoms. The van der Waals surface area contributed by atoms with Gasteiger partial charge in [0.25, 0.3) is 0 Å². The molecule has 1 aliphatic carbocycles. The standard InChI is InChI=1S/C20H26N2O2S/c1-2-22(15-18-6-4-3-5-7-18)25(23,24)16-19-10-8-17(9-11-19)14-21-20-12-13-20/h3-11,20-21H,2,12-16H2,1H3. The molecule has 0 unspecified atom stereocenters. The van der Waals surface area contributed by atoms with Gasteiger partial charge in [0.2, 0.25) is 10.0 Å². The van der Waals surface area contributed by atoms with E-state index in [0.717, 1.165) is 17.7 Å². The molecule has 2 aromatic carbocycles. The van der Waals surface area contributed by atoms with Crippen molar-refractivity contribution in [2.45, 2.75) is 44.6 Å². The first kappa shape index (κ1) is 18.1. The summed E-state index contributed by atoms with van der Waals surface area (Å²) in [7, 11) is -3.33. The van der Waals surface area contributed by atoms with Gasteiger partial charge in [-0.05, 0) is 29.5 Å². The van der Waals surface area contributed by atoms with E-state index >= 15 is 0 Å². The molecule has 1 saturated carbocycles. The van der Waals surface area contributed by atoms with Crippen molar-refractivity contribution in [3.63, 3.8) is 0 Å². The fourth-order valence-corrected chi connectivity index (χ4v) is 4.33. The van der Waals surface area contributed by atoms with Gasteiger partial charge in [0.05, 0.1) is 5.75 Å². The summed E-state index contributed by atoms with van der Waals surface area (Å²) in [5.41, 5.74) is 3.04. The van der Waals surface area contributed by atoms with Gasteiger partial charge in [-0.1, -0.05) is 61.5 Å². The number of benzene rings is 2. The Morgan fingerprint density at radius 2 is 1.60 bits per heavy atom. The van der Waals surface area contributed by atoms with Gasteiger partial charge in [-0.15, -0.1) is 0 Å². The first-order valence-corrected chi connectivity index (χ1v) is 10.5. The van der Waals surface area contributed by atoms with E-state index in [9.17, 15) is 8.42 Å². The summed E-state index contributed by atoms with van der Waals surface area (Å²) < 4.78 is 27.1. The Labute approximate surface area is 150 Å². The van der Waals surface area contributed by atoms with Crippen LogP contribution < -0.4 is 5.32 Å². The summed E-state index contributed by atoms with van der Waals surface area (Å²) in [5.74, 6) is 0.0456. The molecule has 1 aliphatic rings. The Kier molecular flexibility index (Phi) is 5.89. The highest BCUT2D eigenvalue weighted by molar-refractivity contribution is 7.88. The van der Waals surface area contributed by atoms with Crippen molar-refractivity contribution >= 4 is 10.0 Å². The van der Waals surface area contributed by atoms with Crippen LogP contribution in [-0.4, -0.2) is 25.3 Å². The van der Waals surface area contributed by atoms with Crippen molar-refractivity contribution in [2.75, 3.05) is 6.54 Å². The first-order chi connectivity index (χ1) is 12.1. The normalized spacial score (nSPS) is 14.8. The van der Waals surface area contributed by atoms with E-state index in [1.165, 1.54) is 18.4 Å². The van der Waals surface area contributed by atoms with Gasteiger partial charge >= 0.3 is 0 Å². The van der Waals surface area contributed by atoms with E-state index < -0.39 is 10.0 Å². The Morgan fingerprint density at radius 1 is 0.960 bits per heavy atom. The third kappa shape index (κ3) is 5.39. The van der Waals surface area contributed by atoms with Gasteiger partial charge in [0, 0.05) is 25.7 Å². The van der Waals surface area contributed by atoms with Crippen LogP contribution in [-0.2, 0) is 28.9 Å². The Bertz CT molecular complexity index is 769. The Balaban J connectivity index is 1.62. The minimum Gasteiger partial charge on any atom is -0.310 e. The number of hydrogen-bond acceptors (Lipinski definition) is 3. The second-order valence-electron chi connectivity index (χ2n) is 6.64. The lowest BCUT2D eigenvalue weighted by atomic mass is 10.1. The minimum absolute atomic E-state index is 0.0456. The number of nitrogens with one attached hydrogen (secondary N) is 1. The zero-order valence-electron chi connectivity index (χ0n) is 14.7. The van der Waals surface area contributed by atoms with Gasteiger partial charge in [0.1, 0.15) is 0 Å². The summed E-state index contributed by atoms with van der Waals surface area (Å²) >= 11 is 0. The molecule has 0 aromatic heterocycles. The molecule has 0 amide bonds. The zero-order chi connectivity index (χ0) is 17.7. The van der Waals surface area contributed by atoms with Gasteiger partial charge in [-0.25, -0.2) is 8.42 Å². The second-order valence-corrected chi connectivity index (χ2v) is 8.61. The maximum atomic E-state index is 12.8. The third-order valence-corrected chi connectivity index (χ3v) is 6.36. The van der Waals surface area contributed by atoms with E-state index in [4.69, 9.17) is 0 Å². The lowest BCUT2D eigenvalue weighted by molar-refractivity contribution is 0.422. The molecule has 4 nitrogen and oxygen atoms in total. The third-order valence-electron chi connectivity index (χ3n) is 4.49. The van der Waals surface area contributed by atoms with Crippen molar-refractivity contribution in [3.8, 4) is 0 Å². The SMILES string of the molecule is CCN(Cc1ccccc1)S(=O)(=O)Cc1ccc(CNC2CC2)cc1. The number of rotatable bonds is 9. The first-order valence-electron chi connectivity index (χ1n) is 8.90. The molecule has 0 radical (unpaired) electrons. The number of hydrogen-bond donors (Lipinski definition) is 1. The maximum Gasteiger partial charge on any atom is 0.218 e. The molecule has 0 saturated heterocycles. The molecule has 1 N–H and O–H groups in total. The molecule has 134 valence electrons. The summed E-state index contributed by atoms with van der Waals surface area (Å²) in [6.07, 6.45) is 2.54. The average molecular weight is 359 g/mol.